The van der Waals surface area contributed by atoms with Crippen LogP contribution in [-0.4, -0.2) is 22.3 Å². The molecular formula is C25H32FN3O. The number of carbonyl (C=O) groups excluding carboxylic acids is 1. The van der Waals surface area contributed by atoms with E-state index in [2.05, 4.69) is 12.2 Å². The van der Waals surface area contributed by atoms with Gasteiger partial charge in [-0.05, 0) is 63.8 Å². The largest absolute Gasteiger partial charge is 0.339 e. The molecule has 1 heterocycles. The van der Waals surface area contributed by atoms with Gasteiger partial charge in [-0.2, -0.15) is 5.10 Å². The Morgan fingerprint density at radius 3 is 2.50 bits per heavy atom. The van der Waals surface area contributed by atoms with Crippen LogP contribution in [0.4, 0.5) is 9.18 Å². The van der Waals surface area contributed by atoms with E-state index in [-0.39, 0.29) is 17.8 Å². The number of rotatable bonds is 6. The maximum atomic E-state index is 14.0. The fourth-order valence-corrected chi connectivity index (χ4v) is 4.24. The number of amides is 2. The molecule has 0 aliphatic carbocycles. The third kappa shape index (κ3) is 4.40. The van der Waals surface area contributed by atoms with Crippen molar-refractivity contribution in [3.63, 3.8) is 0 Å². The van der Waals surface area contributed by atoms with Crippen molar-refractivity contribution in [1.82, 2.24) is 10.3 Å². The van der Waals surface area contributed by atoms with Gasteiger partial charge in [0, 0.05) is 11.6 Å². The molecule has 3 rings (SSSR count). The lowest BCUT2D eigenvalue weighted by molar-refractivity contribution is 0.138. The Morgan fingerprint density at radius 1 is 1.17 bits per heavy atom. The summed E-state index contributed by atoms with van der Waals surface area (Å²) in [4.78, 5) is 13.3. The summed E-state index contributed by atoms with van der Waals surface area (Å²) in [5.74, 6) is -0.420. The molecule has 0 aromatic heterocycles. The first kappa shape index (κ1) is 22.0. The SMILES string of the molecule is CCCCC1=NN(C(=O)NC(C)(C)c2ccccc2)C(C)(C)C1c1cccc(F)c1. The van der Waals surface area contributed by atoms with Crippen LogP contribution in [0, 0.1) is 5.82 Å². The summed E-state index contributed by atoms with van der Waals surface area (Å²) in [5.41, 5.74) is 1.64. The molecule has 2 aromatic carbocycles. The molecule has 1 atom stereocenters. The molecule has 30 heavy (non-hydrogen) atoms. The molecule has 4 nitrogen and oxygen atoms in total. The van der Waals surface area contributed by atoms with Crippen LogP contribution in [0.15, 0.2) is 59.7 Å². The minimum atomic E-state index is -0.617. The topological polar surface area (TPSA) is 44.7 Å². The van der Waals surface area contributed by atoms with E-state index in [4.69, 9.17) is 5.10 Å². The second-order valence-corrected chi connectivity index (χ2v) is 9.07. The Morgan fingerprint density at radius 2 is 1.87 bits per heavy atom. The van der Waals surface area contributed by atoms with Gasteiger partial charge in [-0.15, -0.1) is 0 Å². The van der Waals surface area contributed by atoms with Crippen molar-refractivity contribution < 1.29 is 9.18 Å². The van der Waals surface area contributed by atoms with Gasteiger partial charge in [-0.1, -0.05) is 55.8 Å². The molecule has 160 valence electrons. The second-order valence-electron chi connectivity index (χ2n) is 9.07. The molecule has 0 saturated carbocycles. The summed E-state index contributed by atoms with van der Waals surface area (Å²) < 4.78 is 14.0. The van der Waals surface area contributed by atoms with Gasteiger partial charge in [0.1, 0.15) is 5.82 Å². The van der Waals surface area contributed by atoms with Crippen LogP contribution in [0.1, 0.15) is 70.9 Å². The zero-order valence-corrected chi connectivity index (χ0v) is 18.6. The Hall–Kier alpha value is -2.69. The fraction of sp³-hybridized carbons (Fsp3) is 0.440. The number of halogens is 1. The summed E-state index contributed by atoms with van der Waals surface area (Å²) in [5, 5.41) is 9.45. The van der Waals surface area contributed by atoms with Crippen molar-refractivity contribution in [3.05, 3.63) is 71.5 Å². The molecule has 0 saturated heterocycles. The summed E-state index contributed by atoms with van der Waals surface area (Å²) in [6.07, 6.45) is 2.79. The highest BCUT2D eigenvalue weighted by Crippen LogP contribution is 2.42. The van der Waals surface area contributed by atoms with E-state index in [0.29, 0.717) is 0 Å². The van der Waals surface area contributed by atoms with Gasteiger partial charge in [0.2, 0.25) is 0 Å². The number of hydrogen-bond donors (Lipinski definition) is 1. The molecule has 5 heteroatoms. The van der Waals surface area contributed by atoms with Crippen LogP contribution >= 0.6 is 0 Å². The zero-order valence-electron chi connectivity index (χ0n) is 18.6. The van der Waals surface area contributed by atoms with E-state index < -0.39 is 11.1 Å². The Bertz CT molecular complexity index is 921. The summed E-state index contributed by atoms with van der Waals surface area (Å²) in [7, 11) is 0. The zero-order chi connectivity index (χ0) is 21.9. The molecular weight excluding hydrogens is 377 g/mol. The highest BCUT2D eigenvalue weighted by molar-refractivity contribution is 5.96. The minimum absolute atomic E-state index is 0.148. The first-order chi connectivity index (χ1) is 14.2. The molecule has 1 N–H and O–H groups in total. The average Bonchev–Trinajstić information content (AvgIpc) is 2.97. The van der Waals surface area contributed by atoms with Crippen LogP contribution in [0.2, 0.25) is 0 Å². The Kier molecular flexibility index (Phi) is 6.30. The van der Waals surface area contributed by atoms with Gasteiger partial charge in [-0.3, -0.25) is 0 Å². The van der Waals surface area contributed by atoms with Crippen LogP contribution in [-0.2, 0) is 5.54 Å². The van der Waals surface area contributed by atoms with E-state index in [1.807, 2.05) is 64.1 Å². The van der Waals surface area contributed by atoms with Crippen LogP contribution < -0.4 is 5.32 Å². The highest BCUT2D eigenvalue weighted by Gasteiger charge is 2.48. The van der Waals surface area contributed by atoms with Gasteiger partial charge in [0.05, 0.1) is 11.1 Å². The molecule has 0 fully saturated rings. The number of nitrogens with zero attached hydrogens (tertiary/aromatic N) is 2. The van der Waals surface area contributed by atoms with Crippen molar-refractivity contribution in [2.45, 2.75) is 70.9 Å². The average molecular weight is 410 g/mol. The normalized spacial score (nSPS) is 18.3. The van der Waals surface area contributed by atoms with Crippen molar-refractivity contribution in [2.75, 3.05) is 0 Å². The van der Waals surface area contributed by atoms with E-state index in [1.54, 1.807) is 17.1 Å². The summed E-state index contributed by atoms with van der Waals surface area (Å²) in [6, 6.07) is 16.3. The van der Waals surface area contributed by atoms with E-state index in [0.717, 1.165) is 36.1 Å². The second kappa shape index (κ2) is 8.58. The van der Waals surface area contributed by atoms with Crippen molar-refractivity contribution in [1.29, 1.82) is 0 Å². The van der Waals surface area contributed by atoms with Crippen LogP contribution in [0.5, 0.6) is 0 Å². The smallest absolute Gasteiger partial charge is 0.328 e. The van der Waals surface area contributed by atoms with Gasteiger partial charge < -0.3 is 5.32 Å². The van der Waals surface area contributed by atoms with Crippen LogP contribution in [0.3, 0.4) is 0 Å². The van der Waals surface area contributed by atoms with Gasteiger partial charge in [-0.25, -0.2) is 14.2 Å². The molecule has 2 aromatic rings. The van der Waals surface area contributed by atoms with Crippen molar-refractivity contribution in [2.24, 2.45) is 5.10 Å². The van der Waals surface area contributed by atoms with Gasteiger partial charge in [0.15, 0.2) is 0 Å². The lowest BCUT2D eigenvalue weighted by atomic mass is 9.78. The minimum Gasteiger partial charge on any atom is -0.328 e. The number of benzene rings is 2. The fourth-order valence-electron chi connectivity index (χ4n) is 4.24. The van der Waals surface area contributed by atoms with E-state index >= 15 is 0 Å². The van der Waals surface area contributed by atoms with Crippen LogP contribution in [0.25, 0.3) is 0 Å². The van der Waals surface area contributed by atoms with Gasteiger partial charge >= 0.3 is 6.03 Å². The summed E-state index contributed by atoms with van der Waals surface area (Å²) >= 11 is 0. The number of urea groups is 1. The molecule has 1 unspecified atom stereocenters. The maximum absolute atomic E-state index is 14.0. The van der Waals surface area contributed by atoms with Crippen molar-refractivity contribution in [3.8, 4) is 0 Å². The Labute approximate surface area is 179 Å². The van der Waals surface area contributed by atoms with Crippen molar-refractivity contribution >= 4 is 11.7 Å². The lowest BCUT2D eigenvalue weighted by Crippen LogP contribution is -2.53. The number of hydrazone groups is 1. The maximum Gasteiger partial charge on any atom is 0.339 e. The highest BCUT2D eigenvalue weighted by atomic mass is 19.1. The molecule has 1 aliphatic heterocycles. The number of unbranched alkanes of at least 4 members (excludes halogenated alkanes) is 1. The van der Waals surface area contributed by atoms with Gasteiger partial charge in [0.25, 0.3) is 0 Å². The molecule has 2 amide bonds. The predicted octanol–water partition coefficient (Wildman–Crippen LogP) is 6.19. The Balaban J connectivity index is 1.92. The number of carbonyl (C=O) groups is 1. The third-order valence-corrected chi connectivity index (χ3v) is 5.89. The number of nitrogens with one attached hydrogen (secondary N) is 1. The van der Waals surface area contributed by atoms with E-state index in [1.165, 1.54) is 6.07 Å². The molecule has 0 radical (unpaired) electrons. The quantitative estimate of drug-likeness (QED) is 0.607. The predicted molar refractivity (Wildman–Crippen MR) is 120 cm³/mol. The first-order valence-corrected chi connectivity index (χ1v) is 10.7. The third-order valence-electron chi connectivity index (χ3n) is 5.89. The first-order valence-electron chi connectivity index (χ1n) is 10.7. The monoisotopic (exact) mass is 409 g/mol. The molecule has 0 spiro atoms. The summed E-state index contributed by atoms with van der Waals surface area (Å²) in [6.45, 7) is 10.1. The lowest BCUT2D eigenvalue weighted by Gasteiger charge is -2.37. The molecule has 1 aliphatic rings. The standard InChI is InChI=1S/C25H32FN3O/c1-6-7-16-21-22(18-12-11-15-20(26)17-18)25(4,5)29(28-21)23(30)27-24(2,3)19-13-9-8-10-14-19/h8-15,17,22H,6-7,16H2,1-5H3,(H,27,30). The number of hydrogen-bond acceptors (Lipinski definition) is 2. The van der Waals surface area contributed by atoms with E-state index in [9.17, 15) is 9.18 Å². The molecule has 0 bridgehead atoms.